The quantitative estimate of drug-likeness (QED) is 0.691. The van der Waals surface area contributed by atoms with Crippen molar-refractivity contribution in [2.45, 2.75) is 51.7 Å². The van der Waals surface area contributed by atoms with Crippen LogP contribution in [0.25, 0.3) is 6.08 Å². The summed E-state index contributed by atoms with van der Waals surface area (Å²) in [7, 11) is 0. The van der Waals surface area contributed by atoms with Crippen LogP contribution in [0.4, 0.5) is 0 Å². The van der Waals surface area contributed by atoms with E-state index in [0.29, 0.717) is 44.7 Å². The minimum Gasteiger partial charge on any atom is -0.396 e. The minimum absolute atomic E-state index is 0.0747. The number of allylic oxidation sites excluding steroid dienone is 1. The Hall–Kier alpha value is -2.45. The maximum atomic E-state index is 13.8. The molecule has 1 aromatic heterocycles. The third-order valence-electron chi connectivity index (χ3n) is 7.09. The molecule has 0 saturated carbocycles. The van der Waals surface area contributed by atoms with Gasteiger partial charge in [0.25, 0.3) is 5.56 Å². The van der Waals surface area contributed by atoms with Crippen molar-refractivity contribution in [3.63, 3.8) is 0 Å². The average molecular weight is 444 g/mol. The zero-order valence-electron chi connectivity index (χ0n) is 18.8. The molecule has 2 amide bonds. The number of hydrogen-bond donors (Lipinski definition) is 2. The molecule has 0 aromatic carbocycles. The Morgan fingerprint density at radius 3 is 2.69 bits per heavy atom. The van der Waals surface area contributed by atoms with Gasteiger partial charge in [0.05, 0.1) is 6.04 Å². The summed E-state index contributed by atoms with van der Waals surface area (Å²) >= 11 is 0. The van der Waals surface area contributed by atoms with Gasteiger partial charge in [-0.3, -0.25) is 14.4 Å². The van der Waals surface area contributed by atoms with Crippen LogP contribution >= 0.6 is 0 Å². The van der Waals surface area contributed by atoms with Crippen LogP contribution in [-0.2, 0) is 20.9 Å². The Morgan fingerprint density at radius 1 is 1.28 bits per heavy atom. The summed E-state index contributed by atoms with van der Waals surface area (Å²) in [5.41, 5.74) is 1.24. The molecule has 2 fully saturated rings. The van der Waals surface area contributed by atoms with E-state index < -0.39 is 18.0 Å². The van der Waals surface area contributed by atoms with Gasteiger partial charge < -0.3 is 24.6 Å². The zero-order chi connectivity index (χ0) is 22.8. The maximum Gasteiger partial charge on any atom is 0.258 e. The first-order chi connectivity index (χ1) is 15.5. The minimum atomic E-state index is -0.740. The molecule has 0 spiro atoms. The number of aliphatic hydroxyl groups excluding tert-OH is 1. The predicted molar refractivity (Wildman–Crippen MR) is 120 cm³/mol. The van der Waals surface area contributed by atoms with E-state index >= 15 is 0 Å². The molecule has 0 radical (unpaired) electrons. The van der Waals surface area contributed by atoms with E-state index in [1.165, 1.54) is 0 Å². The Kier molecular flexibility index (Phi) is 6.81. The van der Waals surface area contributed by atoms with E-state index in [2.05, 4.69) is 5.32 Å². The summed E-state index contributed by atoms with van der Waals surface area (Å²) in [6.07, 6.45) is 5.62. The monoisotopic (exact) mass is 443 g/mol. The highest BCUT2D eigenvalue weighted by Gasteiger charge is 2.57. The number of rotatable bonds is 6. The second kappa shape index (κ2) is 9.58. The Bertz CT molecular complexity index is 949. The van der Waals surface area contributed by atoms with Gasteiger partial charge in [0, 0.05) is 61.9 Å². The Balaban J connectivity index is 1.77. The van der Waals surface area contributed by atoms with Crippen LogP contribution in [0.2, 0.25) is 0 Å². The summed E-state index contributed by atoms with van der Waals surface area (Å²) in [4.78, 5) is 41.7. The number of ether oxygens (including phenoxy) is 1. The van der Waals surface area contributed by atoms with Crippen molar-refractivity contribution in [3.8, 4) is 0 Å². The summed E-state index contributed by atoms with van der Waals surface area (Å²) < 4.78 is 7.16. The Labute approximate surface area is 188 Å². The van der Waals surface area contributed by atoms with Crippen LogP contribution < -0.4 is 10.9 Å². The van der Waals surface area contributed by atoms with Gasteiger partial charge in [-0.25, -0.2) is 0 Å². The number of hydrogen-bond acceptors (Lipinski definition) is 5. The average Bonchev–Trinajstić information content (AvgIpc) is 3.34. The van der Waals surface area contributed by atoms with E-state index in [1.807, 2.05) is 26.0 Å². The molecule has 4 rings (SSSR count). The number of fused-ring (bicyclic) bond motifs is 3. The number of likely N-dealkylation sites (tertiary alicyclic amines) is 1. The summed E-state index contributed by atoms with van der Waals surface area (Å²) in [6, 6.07) is 2.54. The van der Waals surface area contributed by atoms with Gasteiger partial charge in [0.1, 0.15) is 6.04 Å². The van der Waals surface area contributed by atoms with Gasteiger partial charge in [-0.15, -0.1) is 0 Å². The van der Waals surface area contributed by atoms with Crippen LogP contribution in [0.3, 0.4) is 0 Å². The Morgan fingerprint density at radius 2 is 2.03 bits per heavy atom. The fourth-order valence-electron chi connectivity index (χ4n) is 5.56. The summed E-state index contributed by atoms with van der Waals surface area (Å²) in [5.74, 6) is -1.12. The number of carbonyl (C=O) groups is 2. The molecule has 32 heavy (non-hydrogen) atoms. The maximum absolute atomic E-state index is 13.8. The molecular weight excluding hydrogens is 410 g/mol. The molecule has 8 heteroatoms. The highest BCUT2D eigenvalue weighted by atomic mass is 16.5. The lowest BCUT2D eigenvalue weighted by molar-refractivity contribution is -0.147. The molecule has 0 aliphatic carbocycles. The van der Waals surface area contributed by atoms with Crippen molar-refractivity contribution in [1.29, 1.82) is 0 Å². The first kappa shape index (κ1) is 22.7. The van der Waals surface area contributed by atoms with Crippen LogP contribution in [0.15, 0.2) is 23.0 Å². The summed E-state index contributed by atoms with van der Waals surface area (Å²) in [5, 5.41) is 13.2. The van der Waals surface area contributed by atoms with Crippen molar-refractivity contribution in [2.24, 2.45) is 17.8 Å². The van der Waals surface area contributed by atoms with Crippen LogP contribution in [0.1, 0.15) is 50.4 Å². The van der Waals surface area contributed by atoms with Crippen molar-refractivity contribution >= 4 is 17.9 Å². The number of carbonyl (C=O) groups excluding carboxylic acids is 2. The first-order valence-electron chi connectivity index (χ1n) is 11.7. The lowest BCUT2D eigenvalue weighted by Gasteiger charge is -2.34. The molecule has 2 saturated heterocycles. The SMILES string of the molecule is C/C=C\c1ccc2n(c1=O)C[C@@H]1[C@@H](CO)[C@H](C(=O)NCCC)N(C(=O)C3CCOCC3)[C@H]21. The lowest BCUT2D eigenvalue weighted by atomic mass is 9.88. The lowest BCUT2D eigenvalue weighted by Crippen LogP contribution is -2.52. The molecule has 2 N–H and O–H groups in total. The largest absolute Gasteiger partial charge is 0.396 e. The highest BCUT2D eigenvalue weighted by molar-refractivity contribution is 5.90. The van der Waals surface area contributed by atoms with Crippen LogP contribution in [0, 0.1) is 17.8 Å². The predicted octanol–water partition coefficient (Wildman–Crippen LogP) is 1.32. The summed E-state index contributed by atoms with van der Waals surface area (Å²) in [6.45, 7) is 5.59. The second-order valence-corrected chi connectivity index (χ2v) is 8.95. The van der Waals surface area contributed by atoms with Crippen LogP contribution in [0.5, 0.6) is 0 Å². The fourth-order valence-corrected chi connectivity index (χ4v) is 5.56. The van der Waals surface area contributed by atoms with Gasteiger partial charge in [0.15, 0.2) is 0 Å². The van der Waals surface area contributed by atoms with Crippen molar-refractivity contribution in [3.05, 3.63) is 39.8 Å². The number of amides is 2. The molecule has 4 atom stereocenters. The second-order valence-electron chi connectivity index (χ2n) is 8.95. The molecule has 8 nitrogen and oxygen atoms in total. The van der Waals surface area contributed by atoms with Crippen molar-refractivity contribution in [2.75, 3.05) is 26.4 Å². The smallest absolute Gasteiger partial charge is 0.258 e. The number of nitrogens with one attached hydrogen (secondary N) is 1. The first-order valence-corrected chi connectivity index (χ1v) is 11.7. The molecule has 1 aromatic rings. The molecule has 0 unspecified atom stereocenters. The molecule has 3 aliphatic heterocycles. The van der Waals surface area contributed by atoms with Gasteiger partial charge in [0.2, 0.25) is 11.8 Å². The number of pyridine rings is 1. The molecular formula is C24H33N3O5. The zero-order valence-corrected chi connectivity index (χ0v) is 18.8. The van der Waals surface area contributed by atoms with Gasteiger partial charge in [-0.2, -0.15) is 0 Å². The van der Waals surface area contributed by atoms with Gasteiger partial charge in [-0.1, -0.05) is 19.1 Å². The molecule has 174 valence electrons. The molecule has 3 aliphatic rings. The third kappa shape index (κ3) is 3.79. The normalized spacial score (nSPS) is 27.5. The highest BCUT2D eigenvalue weighted by Crippen LogP contribution is 2.50. The third-order valence-corrected chi connectivity index (χ3v) is 7.09. The topological polar surface area (TPSA) is 101 Å². The van der Waals surface area contributed by atoms with E-state index in [1.54, 1.807) is 21.6 Å². The van der Waals surface area contributed by atoms with Crippen LogP contribution in [-0.4, -0.2) is 58.8 Å². The number of nitrogens with zero attached hydrogens (tertiary/aromatic N) is 2. The van der Waals surface area contributed by atoms with Gasteiger partial charge in [-0.05, 0) is 38.3 Å². The number of aliphatic hydroxyl groups is 1. The fraction of sp³-hybridized carbons (Fsp3) is 0.625. The van der Waals surface area contributed by atoms with E-state index in [4.69, 9.17) is 4.74 Å². The van der Waals surface area contributed by atoms with Crippen molar-refractivity contribution < 1.29 is 19.4 Å². The number of aromatic nitrogens is 1. The van der Waals surface area contributed by atoms with E-state index in [-0.39, 0.29) is 35.8 Å². The van der Waals surface area contributed by atoms with Crippen molar-refractivity contribution in [1.82, 2.24) is 14.8 Å². The van der Waals surface area contributed by atoms with E-state index in [0.717, 1.165) is 12.1 Å². The van der Waals surface area contributed by atoms with Gasteiger partial charge >= 0.3 is 0 Å². The molecule has 4 heterocycles. The molecule has 0 bridgehead atoms. The standard InChI is InChI=1S/C24H33N3O5/c1-3-5-15-6-7-19-20-17(13-26(19)23(15)30)18(14-28)21(22(29)25-10-4-2)27(20)24(31)16-8-11-32-12-9-16/h3,5-7,16-18,20-21,28H,4,8-14H2,1-2H3,(H,25,29)/b5-3-/t17-,18-,20+,21-/m1/s1. The van der Waals surface area contributed by atoms with E-state index in [9.17, 15) is 19.5 Å².